The molecule has 4 heterocycles. The van der Waals surface area contributed by atoms with Crippen LogP contribution in [-0.2, 0) is 17.6 Å². The van der Waals surface area contributed by atoms with Crippen LogP contribution in [0.4, 0.5) is 5.95 Å². The van der Waals surface area contributed by atoms with Crippen molar-refractivity contribution in [3.05, 3.63) is 16.8 Å². The van der Waals surface area contributed by atoms with Gasteiger partial charge in [-0.15, -0.1) is 11.3 Å². The Morgan fingerprint density at radius 2 is 2.20 bits per heavy atom. The van der Waals surface area contributed by atoms with E-state index in [9.17, 15) is 0 Å². The zero-order valence-corrected chi connectivity index (χ0v) is 15.1. The highest BCUT2D eigenvalue weighted by Crippen LogP contribution is 2.38. The number of morpholine rings is 1. The molecule has 5 rings (SSSR count). The van der Waals surface area contributed by atoms with Crippen LogP contribution in [0, 0.1) is 0 Å². The van der Waals surface area contributed by atoms with Crippen molar-refractivity contribution in [1.82, 2.24) is 19.6 Å². The highest BCUT2D eigenvalue weighted by atomic mass is 32.1. The summed E-state index contributed by atoms with van der Waals surface area (Å²) in [5.41, 5.74) is 2.40. The average Bonchev–Trinajstić information content (AvgIpc) is 3.34. The fourth-order valence-corrected chi connectivity index (χ4v) is 5.23. The Hall–Kier alpha value is -1.77. The third kappa shape index (κ3) is 2.78. The van der Waals surface area contributed by atoms with Gasteiger partial charge in [-0.05, 0) is 24.8 Å². The maximum atomic E-state index is 5.42. The zero-order chi connectivity index (χ0) is 16.6. The summed E-state index contributed by atoms with van der Waals surface area (Å²) in [6.07, 6.45) is 6.34. The van der Waals surface area contributed by atoms with Crippen molar-refractivity contribution < 1.29 is 9.64 Å². The van der Waals surface area contributed by atoms with Crippen LogP contribution in [0.1, 0.15) is 23.3 Å². The first-order chi connectivity index (χ1) is 12.4. The Morgan fingerprint density at radius 1 is 1.28 bits per heavy atom. The van der Waals surface area contributed by atoms with Crippen molar-refractivity contribution in [2.75, 3.05) is 44.7 Å². The lowest BCUT2D eigenvalue weighted by molar-refractivity contribution is -0.908. The van der Waals surface area contributed by atoms with E-state index in [4.69, 9.17) is 9.72 Å². The summed E-state index contributed by atoms with van der Waals surface area (Å²) in [4.78, 5) is 13.6. The molecule has 0 atom stereocenters. The molecule has 25 heavy (non-hydrogen) atoms. The van der Waals surface area contributed by atoms with Crippen LogP contribution >= 0.6 is 11.3 Å². The minimum atomic E-state index is 0.817. The van der Waals surface area contributed by atoms with E-state index in [-0.39, 0.29) is 0 Å². The summed E-state index contributed by atoms with van der Waals surface area (Å²) in [6, 6.07) is 0. The number of aromatic nitrogens is 4. The minimum Gasteiger partial charge on any atom is -0.370 e. The van der Waals surface area contributed by atoms with Crippen LogP contribution in [0.25, 0.3) is 15.9 Å². The van der Waals surface area contributed by atoms with Crippen LogP contribution in [0.2, 0.25) is 0 Å². The van der Waals surface area contributed by atoms with Crippen LogP contribution in [-0.4, -0.2) is 59.0 Å². The fraction of sp³-hybridized carbons (Fsp3) is 0.588. The predicted molar refractivity (Wildman–Crippen MR) is 97.7 cm³/mol. The van der Waals surface area contributed by atoms with Gasteiger partial charge in [-0.1, -0.05) is 0 Å². The van der Waals surface area contributed by atoms with E-state index < -0.39 is 0 Å². The number of anilines is 1. The van der Waals surface area contributed by atoms with Crippen molar-refractivity contribution >= 4 is 33.1 Å². The number of hydrogen-bond acceptors (Lipinski definition) is 6. The van der Waals surface area contributed by atoms with E-state index >= 15 is 0 Å². The Morgan fingerprint density at radius 3 is 3.12 bits per heavy atom. The Kier molecular flexibility index (Phi) is 4.03. The molecule has 0 radical (unpaired) electrons. The number of aryl methyl sites for hydroxylation is 2. The second-order valence-corrected chi connectivity index (χ2v) is 7.94. The van der Waals surface area contributed by atoms with Gasteiger partial charge in [-0.2, -0.15) is 9.61 Å². The van der Waals surface area contributed by atoms with Crippen LogP contribution in [0.5, 0.6) is 0 Å². The van der Waals surface area contributed by atoms with Gasteiger partial charge in [0.15, 0.2) is 5.65 Å². The molecule has 0 amide bonds. The highest BCUT2D eigenvalue weighted by Gasteiger charge is 2.22. The van der Waals surface area contributed by atoms with Crippen molar-refractivity contribution in [1.29, 1.82) is 0 Å². The van der Waals surface area contributed by atoms with Gasteiger partial charge >= 0.3 is 0 Å². The van der Waals surface area contributed by atoms with Gasteiger partial charge < -0.3 is 15.0 Å². The second-order valence-electron chi connectivity index (χ2n) is 6.86. The summed E-state index contributed by atoms with van der Waals surface area (Å²) < 4.78 is 7.29. The zero-order valence-electron chi connectivity index (χ0n) is 14.3. The Balaban J connectivity index is 1.35. The molecule has 2 aliphatic rings. The number of ether oxygens (including phenoxy) is 1. The SMILES string of the molecule is c1nc2c3c4c(sc3nc(NCCC[NH+]3CCOCC3)n2n1)CCC4. The minimum absolute atomic E-state index is 0.817. The molecule has 3 aromatic heterocycles. The van der Waals surface area contributed by atoms with Gasteiger partial charge in [0.1, 0.15) is 24.2 Å². The lowest BCUT2D eigenvalue weighted by atomic mass is 10.2. The van der Waals surface area contributed by atoms with Gasteiger partial charge in [0.05, 0.1) is 25.1 Å². The molecule has 7 nitrogen and oxygen atoms in total. The summed E-state index contributed by atoms with van der Waals surface area (Å²) in [7, 11) is 0. The second kappa shape index (κ2) is 6.51. The number of hydrogen-bond donors (Lipinski definition) is 2. The largest absolute Gasteiger partial charge is 0.370 e. The normalized spacial score (nSPS) is 18.2. The van der Waals surface area contributed by atoms with E-state index in [1.54, 1.807) is 11.2 Å². The van der Waals surface area contributed by atoms with Crippen LogP contribution < -0.4 is 10.2 Å². The maximum Gasteiger partial charge on any atom is 0.227 e. The molecule has 3 aromatic rings. The van der Waals surface area contributed by atoms with Crippen molar-refractivity contribution in [3.63, 3.8) is 0 Å². The Labute approximate surface area is 150 Å². The molecule has 0 unspecified atom stereocenters. The van der Waals surface area contributed by atoms with Gasteiger partial charge in [0, 0.05) is 17.8 Å². The molecule has 1 aliphatic heterocycles. The first-order valence-electron chi connectivity index (χ1n) is 9.19. The number of thiophene rings is 1. The van der Waals surface area contributed by atoms with E-state index in [0.29, 0.717) is 0 Å². The van der Waals surface area contributed by atoms with Gasteiger partial charge in [-0.3, -0.25) is 0 Å². The van der Waals surface area contributed by atoms with Crippen LogP contribution in [0.15, 0.2) is 6.33 Å². The quantitative estimate of drug-likeness (QED) is 0.651. The Bertz CT molecular complexity index is 897. The molecule has 132 valence electrons. The summed E-state index contributed by atoms with van der Waals surface area (Å²) in [5, 5.41) is 9.11. The number of nitrogens with zero attached hydrogens (tertiary/aromatic N) is 4. The number of fused-ring (bicyclic) bond motifs is 5. The number of rotatable bonds is 5. The van der Waals surface area contributed by atoms with E-state index in [1.165, 1.54) is 35.2 Å². The summed E-state index contributed by atoms with van der Waals surface area (Å²) >= 11 is 1.83. The van der Waals surface area contributed by atoms with Gasteiger partial charge in [0.2, 0.25) is 5.95 Å². The lowest BCUT2D eigenvalue weighted by Crippen LogP contribution is -3.14. The lowest BCUT2D eigenvalue weighted by Gasteiger charge is -2.23. The molecule has 2 N–H and O–H groups in total. The molecule has 0 bridgehead atoms. The summed E-state index contributed by atoms with van der Waals surface area (Å²) in [5.74, 6) is 0.817. The highest BCUT2D eigenvalue weighted by molar-refractivity contribution is 7.19. The van der Waals surface area contributed by atoms with Crippen LogP contribution in [0.3, 0.4) is 0 Å². The topological polar surface area (TPSA) is 68.8 Å². The molecule has 1 saturated heterocycles. The predicted octanol–water partition coefficient (Wildman–Crippen LogP) is 0.545. The monoisotopic (exact) mass is 359 g/mol. The molecule has 0 aromatic carbocycles. The number of nitrogens with one attached hydrogen (secondary N) is 2. The third-order valence-electron chi connectivity index (χ3n) is 5.27. The third-order valence-corrected chi connectivity index (χ3v) is 6.46. The molecule has 8 heteroatoms. The van der Waals surface area contributed by atoms with Crippen molar-refractivity contribution in [3.8, 4) is 0 Å². The number of quaternary nitrogens is 1. The van der Waals surface area contributed by atoms with Crippen molar-refractivity contribution in [2.24, 2.45) is 0 Å². The van der Waals surface area contributed by atoms with Gasteiger partial charge in [-0.25, -0.2) is 9.97 Å². The maximum absolute atomic E-state index is 5.42. The smallest absolute Gasteiger partial charge is 0.227 e. The average molecular weight is 359 g/mol. The van der Waals surface area contributed by atoms with E-state index in [0.717, 1.165) is 62.1 Å². The fourth-order valence-electron chi connectivity index (χ4n) is 3.97. The van der Waals surface area contributed by atoms with Gasteiger partial charge in [0.25, 0.3) is 0 Å². The molecule has 1 fully saturated rings. The van der Waals surface area contributed by atoms with Crippen molar-refractivity contribution in [2.45, 2.75) is 25.7 Å². The molecule has 1 aliphatic carbocycles. The first-order valence-corrected chi connectivity index (χ1v) is 10.0. The molecular weight excluding hydrogens is 336 g/mol. The van der Waals surface area contributed by atoms with E-state index in [2.05, 4.69) is 15.4 Å². The standard InChI is InChI=1S/C17H22N6OS/c1-3-12-13(4-1)25-16-14(12)15-19-11-20-23(15)17(21-16)18-5-2-6-22-7-9-24-10-8-22/h11H,1-10H2,(H,18,21)/p+1. The van der Waals surface area contributed by atoms with E-state index in [1.807, 2.05) is 15.9 Å². The molecule has 0 spiro atoms. The molecular formula is C17H23N6OS+. The molecule has 0 saturated carbocycles. The summed E-state index contributed by atoms with van der Waals surface area (Å²) in [6.45, 7) is 6.11. The first kappa shape index (κ1) is 15.5.